The van der Waals surface area contributed by atoms with Gasteiger partial charge in [-0.25, -0.2) is 4.79 Å². The Morgan fingerprint density at radius 2 is 2.11 bits per heavy atom. The molecule has 2 aromatic rings. The van der Waals surface area contributed by atoms with Crippen molar-refractivity contribution in [1.82, 2.24) is 4.57 Å². The number of ether oxygens (including phenoxy) is 1. The minimum atomic E-state index is -0.269. The molecule has 2 heterocycles. The number of hydrogen-bond donors (Lipinski definition) is 0. The van der Waals surface area contributed by atoms with Crippen LogP contribution in [-0.2, 0) is 11.3 Å². The van der Waals surface area contributed by atoms with Gasteiger partial charge in [-0.3, -0.25) is 4.57 Å². The van der Waals surface area contributed by atoms with Crippen LogP contribution in [0.2, 0.25) is 0 Å². The molecule has 1 aromatic heterocycles. The zero-order chi connectivity index (χ0) is 12.5. The van der Waals surface area contributed by atoms with Crippen molar-refractivity contribution < 1.29 is 9.15 Å². The van der Waals surface area contributed by atoms with Crippen molar-refractivity contribution in [2.45, 2.75) is 19.4 Å². The Morgan fingerprint density at radius 3 is 2.89 bits per heavy atom. The van der Waals surface area contributed by atoms with E-state index >= 15 is 0 Å². The predicted molar refractivity (Wildman–Crippen MR) is 71.7 cm³/mol. The first-order chi connectivity index (χ1) is 8.74. The van der Waals surface area contributed by atoms with Crippen molar-refractivity contribution in [3.8, 4) is 0 Å². The normalized spacial score (nSPS) is 17.4. The highest BCUT2D eigenvalue weighted by molar-refractivity contribution is 9.10. The molecule has 0 aliphatic carbocycles. The maximum Gasteiger partial charge on any atom is 0.419 e. The number of halogens is 1. The number of hydrogen-bond acceptors (Lipinski definition) is 3. The third-order valence-corrected chi connectivity index (χ3v) is 3.90. The number of benzene rings is 1. The summed E-state index contributed by atoms with van der Waals surface area (Å²) in [6.45, 7) is 2.30. The molecule has 0 saturated carbocycles. The molecule has 0 atom stereocenters. The summed E-state index contributed by atoms with van der Waals surface area (Å²) in [6, 6.07) is 5.63. The number of fused-ring (bicyclic) bond motifs is 1. The molecule has 5 heteroatoms. The maximum atomic E-state index is 11.9. The molecule has 1 saturated heterocycles. The Bertz CT molecular complexity index is 610. The number of rotatable bonds is 2. The van der Waals surface area contributed by atoms with Crippen molar-refractivity contribution in [3.63, 3.8) is 0 Å². The highest BCUT2D eigenvalue weighted by Crippen LogP contribution is 2.22. The second-order valence-electron chi connectivity index (χ2n) is 4.65. The van der Waals surface area contributed by atoms with Crippen LogP contribution < -0.4 is 5.76 Å². The van der Waals surface area contributed by atoms with Crippen molar-refractivity contribution in [2.24, 2.45) is 5.92 Å². The highest BCUT2D eigenvalue weighted by atomic mass is 79.9. The molecule has 1 aromatic carbocycles. The van der Waals surface area contributed by atoms with Crippen LogP contribution in [0, 0.1) is 5.92 Å². The molecule has 0 bridgehead atoms. The van der Waals surface area contributed by atoms with E-state index in [-0.39, 0.29) is 5.76 Å². The Balaban J connectivity index is 1.97. The van der Waals surface area contributed by atoms with Crippen LogP contribution in [0.4, 0.5) is 0 Å². The van der Waals surface area contributed by atoms with E-state index in [4.69, 9.17) is 9.15 Å². The topological polar surface area (TPSA) is 44.4 Å². The molecule has 1 aliphatic rings. The van der Waals surface area contributed by atoms with Crippen LogP contribution in [-0.4, -0.2) is 17.8 Å². The molecule has 0 radical (unpaired) electrons. The fraction of sp³-hybridized carbons (Fsp3) is 0.462. The zero-order valence-corrected chi connectivity index (χ0v) is 11.5. The lowest BCUT2D eigenvalue weighted by atomic mass is 10.0. The molecule has 0 unspecified atom stereocenters. The minimum absolute atomic E-state index is 0.269. The number of aromatic nitrogens is 1. The summed E-state index contributed by atoms with van der Waals surface area (Å²) in [5.41, 5.74) is 1.51. The van der Waals surface area contributed by atoms with Gasteiger partial charge in [0.25, 0.3) is 0 Å². The Morgan fingerprint density at radius 1 is 1.33 bits per heavy atom. The molecule has 0 N–H and O–H groups in total. The average Bonchev–Trinajstić information content (AvgIpc) is 2.67. The van der Waals surface area contributed by atoms with Crippen LogP contribution in [0.3, 0.4) is 0 Å². The second kappa shape index (κ2) is 4.90. The van der Waals surface area contributed by atoms with Gasteiger partial charge in [-0.15, -0.1) is 0 Å². The van der Waals surface area contributed by atoms with Crippen LogP contribution >= 0.6 is 15.9 Å². The molecular formula is C13H14BrNO3. The van der Waals surface area contributed by atoms with Gasteiger partial charge in [0.05, 0.1) is 5.52 Å². The van der Waals surface area contributed by atoms with Gasteiger partial charge in [0.15, 0.2) is 5.58 Å². The van der Waals surface area contributed by atoms with E-state index in [0.29, 0.717) is 18.0 Å². The lowest BCUT2D eigenvalue weighted by Crippen LogP contribution is -2.24. The van der Waals surface area contributed by atoms with Crippen molar-refractivity contribution in [3.05, 3.63) is 33.2 Å². The van der Waals surface area contributed by atoms with Gasteiger partial charge in [-0.05, 0) is 37.0 Å². The average molecular weight is 312 g/mol. The molecule has 4 nitrogen and oxygen atoms in total. The monoisotopic (exact) mass is 311 g/mol. The van der Waals surface area contributed by atoms with Crippen molar-refractivity contribution >= 4 is 27.0 Å². The molecule has 18 heavy (non-hydrogen) atoms. The van der Waals surface area contributed by atoms with E-state index in [1.54, 1.807) is 4.57 Å². The standard InChI is InChI=1S/C13H14BrNO3/c14-10-1-2-12-11(7-10)15(13(16)18-12)8-9-3-5-17-6-4-9/h1-2,7,9H,3-6,8H2. The lowest BCUT2D eigenvalue weighted by Gasteiger charge is -2.21. The molecule has 96 valence electrons. The fourth-order valence-corrected chi connectivity index (χ4v) is 2.74. The summed E-state index contributed by atoms with van der Waals surface area (Å²) < 4.78 is 13.3. The lowest BCUT2D eigenvalue weighted by molar-refractivity contribution is 0.0610. The predicted octanol–water partition coefficient (Wildman–Crippen LogP) is 2.78. The summed E-state index contributed by atoms with van der Waals surface area (Å²) in [4.78, 5) is 11.9. The molecule has 1 fully saturated rings. The molecule has 0 amide bonds. The van der Waals surface area contributed by atoms with E-state index in [0.717, 1.165) is 36.0 Å². The van der Waals surface area contributed by atoms with E-state index in [1.807, 2.05) is 18.2 Å². The van der Waals surface area contributed by atoms with Gasteiger partial charge < -0.3 is 9.15 Å². The number of oxazole rings is 1. The highest BCUT2D eigenvalue weighted by Gasteiger charge is 2.18. The summed E-state index contributed by atoms with van der Waals surface area (Å²) in [5, 5.41) is 0. The van der Waals surface area contributed by atoms with Gasteiger partial charge in [-0.1, -0.05) is 15.9 Å². The van der Waals surface area contributed by atoms with Crippen molar-refractivity contribution in [1.29, 1.82) is 0 Å². The van der Waals surface area contributed by atoms with E-state index in [9.17, 15) is 4.79 Å². The maximum absolute atomic E-state index is 11.9. The SMILES string of the molecule is O=c1oc2ccc(Br)cc2n1CC1CCOCC1. The van der Waals surface area contributed by atoms with Crippen LogP contribution in [0.25, 0.3) is 11.1 Å². The molecule has 3 rings (SSSR count). The second-order valence-corrected chi connectivity index (χ2v) is 5.56. The summed E-state index contributed by atoms with van der Waals surface area (Å²) in [5.74, 6) is 0.228. The van der Waals surface area contributed by atoms with E-state index in [1.165, 1.54) is 0 Å². The smallest absolute Gasteiger partial charge is 0.408 e. The number of nitrogens with zero attached hydrogens (tertiary/aromatic N) is 1. The molecule has 1 aliphatic heterocycles. The minimum Gasteiger partial charge on any atom is -0.408 e. The van der Waals surface area contributed by atoms with Gasteiger partial charge in [-0.2, -0.15) is 0 Å². The Kier molecular flexibility index (Phi) is 3.26. The largest absolute Gasteiger partial charge is 0.419 e. The van der Waals surface area contributed by atoms with E-state index in [2.05, 4.69) is 15.9 Å². The van der Waals surface area contributed by atoms with Gasteiger partial charge >= 0.3 is 5.76 Å². The first kappa shape index (κ1) is 12.0. The Hall–Kier alpha value is -1.07. The third kappa shape index (κ3) is 2.24. The summed E-state index contributed by atoms with van der Waals surface area (Å²) in [7, 11) is 0. The van der Waals surface area contributed by atoms with Crippen LogP contribution in [0.5, 0.6) is 0 Å². The fourth-order valence-electron chi connectivity index (χ4n) is 2.40. The molecular weight excluding hydrogens is 298 g/mol. The first-order valence-electron chi connectivity index (χ1n) is 6.10. The summed E-state index contributed by atoms with van der Waals surface area (Å²) >= 11 is 3.42. The first-order valence-corrected chi connectivity index (χ1v) is 6.90. The van der Waals surface area contributed by atoms with Crippen molar-refractivity contribution in [2.75, 3.05) is 13.2 Å². The third-order valence-electron chi connectivity index (χ3n) is 3.41. The Labute approximate surface area is 113 Å². The van der Waals surface area contributed by atoms with Gasteiger partial charge in [0.1, 0.15) is 0 Å². The molecule has 0 spiro atoms. The van der Waals surface area contributed by atoms with Crippen LogP contribution in [0.15, 0.2) is 31.9 Å². The quantitative estimate of drug-likeness (QED) is 0.856. The van der Waals surface area contributed by atoms with Crippen LogP contribution in [0.1, 0.15) is 12.8 Å². The summed E-state index contributed by atoms with van der Waals surface area (Å²) in [6.07, 6.45) is 2.01. The zero-order valence-electron chi connectivity index (χ0n) is 9.89. The van der Waals surface area contributed by atoms with Gasteiger partial charge in [0, 0.05) is 24.2 Å². The van der Waals surface area contributed by atoms with E-state index < -0.39 is 0 Å². The van der Waals surface area contributed by atoms with Gasteiger partial charge in [0.2, 0.25) is 0 Å².